The summed E-state index contributed by atoms with van der Waals surface area (Å²) >= 11 is 0. The summed E-state index contributed by atoms with van der Waals surface area (Å²) in [7, 11) is 0. The molecule has 2 N–H and O–H groups in total. The SMILES string of the molecule is CCc1ccc(CC2=Nc3ccc([C@@]4(C)N=C(N)OCC4(F)F)cc3C2)cc1. The number of aryl methyl sites for hydroxylation is 1. The van der Waals surface area contributed by atoms with Gasteiger partial charge in [0.05, 0.1) is 5.69 Å². The molecular formula is C22H23F2N3O. The van der Waals surface area contributed by atoms with Crippen LogP contribution in [-0.4, -0.2) is 24.3 Å². The minimum atomic E-state index is -3.15. The van der Waals surface area contributed by atoms with Crippen LogP contribution in [0.2, 0.25) is 0 Å². The number of alkyl halides is 2. The maximum absolute atomic E-state index is 14.6. The fourth-order valence-electron chi connectivity index (χ4n) is 3.71. The van der Waals surface area contributed by atoms with Gasteiger partial charge in [0.15, 0.2) is 12.1 Å². The fourth-order valence-corrected chi connectivity index (χ4v) is 3.71. The molecule has 0 amide bonds. The molecule has 1 atom stereocenters. The third-order valence-electron chi connectivity index (χ3n) is 5.60. The van der Waals surface area contributed by atoms with Gasteiger partial charge in [-0.3, -0.25) is 4.99 Å². The zero-order valence-corrected chi connectivity index (χ0v) is 16.0. The lowest BCUT2D eigenvalue weighted by molar-refractivity contribution is -0.116. The van der Waals surface area contributed by atoms with Crippen molar-refractivity contribution in [3.63, 3.8) is 0 Å². The molecule has 6 heteroatoms. The second kappa shape index (κ2) is 6.69. The number of aliphatic imine (C=N–C) groups is 2. The van der Waals surface area contributed by atoms with Crippen LogP contribution in [0.1, 0.15) is 36.1 Å². The zero-order chi connectivity index (χ0) is 19.9. The molecule has 4 rings (SSSR count). The minimum absolute atomic E-state index is 0.207. The van der Waals surface area contributed by atoms with Gasteiger partial charge in [0, 0.05) is 18.6 Å². The van der Waals surface area contributed by atoms with Crippen molar-refractivity contribution in [2.45, 2.75) is 44.6 Å². The number of hydrogen-bond donors (Lipinski definition) is 1. The number of fused-ring (bicyclic) bond motifs is 1. The first-order valence-corrected chi connectivity index (χ1v) is 9.44. The quantitative estimate of drug-likeness (QED) is 0.855. The zero-order valence-electron chi connectivity index (χ0n) is 16.0. The largest absolute Gasteiger partial charge is 0.459 e. The Bertz CT molecular complexity index is 966. The third-order valence-corrected chi connectivity index (χ3v) is 5.60. The van der Waals surface area contributed by atoms with Crippen LogP contribution in [-0.2, 0) is 29.5 Å². The molecule has 0 bridgehead atoms. The van der Waals surface area contributed by atoms with Crippen molar-refractivity contribution in [1.82, 2.24) is 0 Å². The van der Waals surface area contributed by atoms with E-state index in [1.807, 2.05) is 0 Å². The van der Waals surface area contributed by atoms with Gasteiger partial charge in [-0.1, -0.05) is 43.3 Å². The summed E-state index contributed by atoms with van der Waals surface area (Å²) in [6.07, 6.45) is 2.41. The summed E-state index contributed by atoms with van der Waals surface area (Å²) in [6.45, 7) is 2.76. The first-order chi connectivity index (χ1) is 13.3. The summed E-state index contributed by atoms with van der Waals surface area (Å²) in [5.41, 5.74) is 9.56. The molecule has 0 saturated carbocycles. The Hall–Kier alpha value is -2.76. The van der Waals surface area contributed by atoms with Gasteiger partial charge >= 0.3 is 5.92 Å². The smallest absolute Gasteiger partial charge is 0.310 e. The highest BCUT2D eigenvalue weighted by molar-refractivity contribution is 5.95. The van der Waals surface area contributed by atoms with Crippen molar-refractivity contribution in [3.05, 3.63) is 64.7 Å². The van der Waals surface area contributed by atoms with Crippen LogP contribution in [0.5, 0.6) is 0 Å². The standard InChI is InChI=1S/C22H23F2N3O/c1-3-14-4-6-15(7-5-14)10-18-12-16-11-17(8-9-19(16)26-18)21(2)22(23,24)13-28-20(25)27-21/h4-9,11H,3,10,12-13H2,1-2H3,(H2,25,27)/t21-/m1/s1. The summed E-state index contributed by atoms with van der Waals surface area (Å²) in [6, 6.07) is 13.5. The molecule has 0 aliphatic carbocycles. The minimum Gasteiger partial charge on any atom is -0.459 e. The highest BCUT2D eigenvalue weighted by Crippen LogP contribution is 2.44. The molecule has 0 radical (unpaired) electrons. The molecular weight excluding hydrogens is 360 g/mol. The first kappa shape index (κ1) is 18.6. The Morgan fingerprint density at radius 3 is 2.54 bits per heavy atom. The number of hydrogen-bond acceptors (Lipinski definition) is 4. The van der Waals surface area contributed by atoms with Gasteiger partial charge in [-0.25, -0.2) is 4.99 Å². The normalized spacial score (nSPS) is 22.9. The summed E-state index contributed by atoms with van der Waals surface area (Å²) in [5, 5.41) is 0. The number of halogens is 2. The van der Waals surface area contributed by atoms with Crippen molar-refractivity contribution in [3.8, 4) is 0 Å². The monoisotopic (exact) mass is 383 g/mol. The molecule has 28 heavy (non-hydrogen) atoms. The van der Waals surface area contributed by atoms with Crippen LogP contribution >= 0.6 is 0 Å². The van der Waals surface area contributed by atoms with Gasteiger partial charge in [0.2, 0.25) is 0 Å². The summed E-state index contributed by atoms with van der Waals surface area (Å²) < 4.78 is 33.9. The Kier molecular flexibility index (Phi) is 4.44. The lowest BCUT2D eigenvalue weighted by atomic mass is 9.84. The second-order valence-electron chi connectivity index (χ2n) is 7.56. The molecule has 0 fully saturated rings. The molecule has 2 aromatic carbocycles. The Labute approximate surface area is 163 Å². The van der Waals surface area contributed by atoms with E-state index < -0.39 is 18.1 Å². The van der Waals surface area contributed by atoms with E-state index in [0.29, 0.717) is 12.0 Å². The lowest BCUT2D eigenvalue weighted by Gasteiger charge is -2.37. The lowest BCUT2D eigenvalue weighted by Crippen LogP contribution is -2.50. The van der Waals surface area contributed by atoms with Crippen LogP contribution in [0, 0.1) is 0 Å². The van der Waals surface area contributed by atoms with Gasteiger partial charge in [0.25, 0.3) is 6.02 Å². The van der Waals surface area contributed by atoms with E-state index in [9.17, 15) is 8.78 Å². The average Bonchev–Trinajstić information content (AvgIpc) is 3.07. The van der Waals surface area contributed by atoms with E-state index in [1.165, 1.54) is 18.1 Å². The van der Waals surface area contributed by atoms with Crippen molar-refractivity contribution < 1.29 is 13.5 Å². The highest BCUT2D eigenvalue weighted by Gasteiger charge is 2.55. The third kappa shape index (κ3) is 3.17. The van der Waals surface area contributed by atoms with Crippen molar-refractivity contribution in [1.29, 1.82) is 0 Å². The fraction of sp³-hybridized carbons (Fsp3) is 0.364. The number of ether oxygens (including phenoxy) is 1. The van der Waals surface area contributed by atoms with Crippen LogP contribution in [0.25, 0.3) is 0 Å². The van der Waals surface area contributed by atoms with Gasteiger partial charge in [0.1, 0.15) is 0 Å². The van der Waals surface area contributed by atoms with Crippen LogP contribution in [0.3, 0.4) is 0 Å². The Morgan fingerprint density at radius 2 is 1.82 bits per heavy atom. The number of nitrogens with zero attached hydrogens (tertiary/aromatic N) is 2. The van der Waals surface area contributed by atoms with Crippen molar-refractivity contribution >= 4 is 17.4 Å². The van der Waals surface area contributed by atoms with E-state index >= 15 is 0 Å². The summed E-state index contributed by atoms with van der Waals surface area (Å²) in [4.78, 5) is 8.64. The number of benzene rings is 2. The molecule has 2 heterocycles. The molecule has 2 aliphatic heterocycles. The van der Waals surface area contributed by atoms with E-state index in [1.54, 1.807) is 18.2 Å². The first-order valence-electron chi connectivity index (χ1n) is 9.44. The van der Waals surface area contributed by atoms with Gasteiger partial charge in [-0.2, -0.15) is 8.78 Å². The predicted molar refractivity (Wildman–Crippen MR) is 107 cm³/mol. The maximum Gasteiger partial charge on any atom is 0.310 e. The number of amidine groups is 1. The average molecular weight is 383 g/mol. The second-order valence-corrected chi connectivity index (χ2v) is 7.56. The maximum atomic E-state index is 14.6. The van der Waals surface area contributed by atoms with Gasteiger partial charge < -0.3 is 10.5 Å². The molecule has 2 aliphatic rings. The molecule has 0 aromatic heterocycles. The Balaban J connectivity index is 1.57. The van der Waals surface area contributed by atoms with Crippen molar-refractivity contribution in [2.24, 2.45) is 15.7 Å². The van der Waals surface area contributed by atoms with Gasteiger partial charge in [-0.05, 0) is 41.7 Å². The van der Waals surface area contributed by atoms with Crippen LogP contribution < -0.4 is 5.73 Å². The highest BCUT2D eigenvalue weighted by atomic mass is 19.3. The topological polar surface area (TPSA) is 60.0 Å². The molecule has 0 spiro atoms. The molecule has 0 saturated heterocycles. The number of rotatable bonds is 4. The molecule has 2 aromatic rings. The summed E-state index contributed by atoms with van der Waals surface area (Å²) in [5.74, 6) is -3.15. The molecule has 0 unspecified atom stereocenters. The molecule has 146 valence electrons. The van der Waals surface area contributed by atoms with Crippen LogP contribution in [0.4, 0.5) is 14.5 Å². The predicted octanol–water partition coefficient (Wildman–Crippen LogP) is 4.32. The van der Waals surface area contributed by atoms with E-state index in [0.717, 1.165) is 29.8 Å². The van der Waals surface area contributed by atoms with E-state index in [2.05, 4.69) is 36.2 Å². The van der Waals surface area contributed by atoms with Crippen LogP contribution in [0.15, 0.2) is 52.4 Å². The van der Waals surface area contributed by atoms with E-state index in [4.69, 9.17) is 15.5 Å². The van der Waals surface area contributed by atoms with Crippen molar-refractivity contribution in [2.75, 3.05) is 6.61 Å². The van der Waals surface area contributed by atoms with Gasteiger partial charge in [-0.15, -0.1) is 0 Å². The van der Waals surface area contributed by atoms with E-state index in [-0.39, 0.29) is 6.02 Å². The molecule has 4 nitrogen and oxygen atoms in total. The number of nitrogens with two attached hydrogens (primary N) is 1. The Morgan fingerprint density at radius 1 is 1.11 bits per heavy atom.